The van der Waals surface area contributed by atoms with Gasteiger partial charge in [-0.1, -0.05) is 60.7 Å². The molecular weight excluding hydrogens is 468 g/mol. The lowest BCUT2D eigenvalue weighted by Crippen LogP contribution is -2.14. The van der Waals surface area contributed by atoms with Gasteiger partial charge in [-0.25, -0.2) is 0 Å². The van der Waals surface area contributed by atoms with Crippen molar-refractivity contribution in [1.29, 1.82) is 0 Å². The number of azo groups is 1. The summed E-state index contributed by atoms with van der Waals surface area (Å²) in [5.41, 5.74) is 5.66. The SMILES string of the molecule is Sc1ccc(/N=N/c2ccc(-c3c4c5c(ccc6cc7cccc8ccc3c(c87)c65)CCC=4)cc2)cc1. The van der Waals surface area contributed by atoms with E-state index in [0.29, 0.717) is 0 Å². The van der Waals surface area contributed by atoms with Crippen LogP contribution in [0.4, 0.5) is 11.4 Å². The van der Waals surface area contributed by atoms with Gasteiger partial charge in [0.1, 0.15) is 0 Å². The second-order valence-electron chi connectivity index (χ2n) is 9.94. The third kappa shape index (κ3) is 3.14. The van der Waals surface area contributed by atoms with Gasteiger partial charge in [-0.05, 0) is 120 Å². The van der Waals surface area contributed by atoms with Crippen molar-refractivity contribution < 1.29 is 0 Å². The van der Waals surface area contributed by atoms with Gasteiger partial charge >= 0.3 is 0 Å². The Labute approximate surface area is 219 Å². The molecule has 0 heterocycles. The highest BCUT2D eigenvalue weighted by Crippen LogP contribution is 2.43. The van der Waals surface area contributed by atoms with E-state index in [1.54, 1.807) is 0 Å². The number of benzene rings is 7. The van der Waals surface area contributed by atoms with Crippen LogP contribution in [0.2, 0.25) is 0 Å². The number of aryl methyl sites for hydroxylation is 1. The molecule has 0 N–H and O–H groups in total. The zero-order chi connectivity index (χ0) is 24.5. The van der Waals surface area contributed by atoms with Crippen LogP contribution in [-0.4, -0.2) is 0 Å². The lowest BCUT2D eigenvalue weighted by Gasteiger charge is -2.22. The average Bonchev–Trinajstić information content (AvgIpc) is 2.94. The van der Waals surface area contributed by atoms with E-state index >= 15 is 0 Å². The minimum atomic E-state index is 0.818. The molecule has 0 atom stereocenters. The summed E-state index contributed by atoms with van der Waals surface area (Å²) in [7, 11) is 0. The van der Waals surface area contributed by atoms with Gasteiger partial charge in [0.25, 0.3) is 0 Å². The third-order valence-electron chi connectivity index (χ3n) is 7.82. The van der Waals surface area contributed by atoms with Crippen molar-refractivity contribution in [3.8, 4) is 11.1 Å². The van der Waals surface area contributed by atoms with Crippen molar-refractivity contribution in [2.45, 2.75) is 17.7 Å². The lowest BCUT2D eigenvalue weighted by atomic mass is 9.81. The molecule has 7 aromatic carbocycles. The smallest absolute Gasteiger partial charge is 0.0857 e. The second kappa shape index (κ2) is 7.89. The highest BCUT2D eigenvalue weighted by Gasteiger charge is 2.21. The molecule has 0 spiro atoms. The fraction of sp³-hybridized carbons (Fsp3) is 0.0588. The number of nitrogens with zero attached hydrogens (tertiary/aromatic N) is 2. The van der Waals surface area contributed by atoms with Gasteiger partial charge in [0.2, 0.25) is 0 Å². The highest BCUT2D eigenvalue weighted by atomic mass is 32.1. The molecule has 0 aliphatic heterocycles. The molecule has 3 heteroatoms. The average molecular weight is 491 g/mol. The number of thiol groups is 1. The monoisotopic (exact) mass is 490 g/mol. The topological polar surface area (TPSA) is 24.7 Å². The van der Waals surface area contributed by atoms with Crippen LogP contribution in [0.3, 0.4) is 0 Å². The summed E-state index contributed by atoms with van der Waals surface area (Å²) >= 11 is 4.34. The number of rotatable bonds is 3. The Morgan fingerprint density at radius 3 is 2.11 bits per heavy atom. The molecule has 8 rings (SSSR count). The van der Waals surface area contributed by atoms with E-state index in [0.717, 1.165) is 29.1 Å². The fourth-order valence-corrected chi connectivity index (χ4v) is 6.37. The molecule has 2 nitrogen and oxygen atoms in total. The lowest BCUT2D eigenvalue weighted by molar-refractivity contribution is 1.04. The molecule has 0 saturated carbocycles. The minimum absolute atomic E-state index is 0.818. The van der Waals surface area contributed by atoms with Gasteiger partial charge in [0.15, 0.2) is 0 Å². The van der Waals surface area contributed by atoms with E-state index in [4.69, 9.17) is 0 Å². The zero-order valence-electron chi connectivity index (χ0n) is 20.1. The number of hydrogen-bond donors (Lipinski definition) is 1. The van der Waals surface area contributed by atoms with E-state index < -0.39 is 0 Å². The summed E-state index contributed by atoms with van der Waals surface area (Å²) in [5.74, 6) is 0. The Balaban J connectivity index is 1.39. The first-order chi connectivity index (χ1) is 18.2. The van der Waals surface area contributed by atoms with Crippen LogP contribution in [0.15, 0.2) is 112 Å². The highest BCUT2D eigenvalue weighted by molar-refractivity contribution is 7.80. The predicted molar refractivity (Wildman–Crippen MR) is 159 cm³/mol. The molecule has 174 valence electrons. The molecule has 0 saturated heterocycles. The Morgan fingerprint density at radius 1 is 0.595 bits per heavy atom. The second-order valence-corrected chi connectivity index (χ2v) is 10.5. The van der Waals surface area contributed by atoms with Gasteiger partial charge in [-0.15, -0.1) is 12.6 Å². The molecule has 1 aliphatic carbocycles. The molecule has 0 unspecified atom stereocenters. The van der Waals surface area contributed by atoms with Crippen LogP contribution in [0.1, 0.15) is 12.0 Å². The molecule has 0 amide bonds. The summed E-state index contributed by atoms with van der Waals surface area (Å²) in [6.07, 6.45) is 4.62. The summed E-state index contributed by atoms with van der Waals surface area (Å²) < 4.78 is 0. The van der Waals surface area contributed by atoms with Gasteiger partial charge < -0.3 is 0 Å². The first kappa shape index (κ1) is 20.9. The van der Waals surface area contributed by atoms with E-state index in [2.05, 4.69) is 102 Å². The van der Waals surface area contributed by atoms with Gasteiger partial charge in [-0.2, -0.15) is 10.2 Å². The molecular formula is C34H22N2S. The normalized spacial score (nSPS) is 13.4. The van der Waals surface area contributed by atoms with Gasteiger partial charge in [-0.3, -0.25) is 0 Å². The predicted octanol–water partition coefficient (Wildman–Crippen LogP) is 9.55. The van der Waals surface area contributed by atoms with Crippen LogP contribution in [0.25, 0.3) is 60.3 Å². The Morgan fingerprint density at radius 2 is 1.30 bits per heavy atom. The largest absolute Gasteiger partial charge is 0.151 e. The third-order valence-corrected chi connectivity index (χ3v) is 8.12. The van der Waals surface area contributed by atoms with E-state index in [1.165, 1.54) is 65.0 Å². The standard InChI is InChI=1S/C34H22N2S/c37-27-16-14-26(15-17-27)36-35-25-12-9-22(10-13-25)31-28-6-2-4-21-7-8-24-19-23-5-1-3-20-11-18-29(31)34(30(20)23)33(24)32(21)28/h1,3,5-19,37H,2,4H2/b36-35+. The van der Waals surface area contributed by atoms with Crippen molar-refractivity contribution in [2.75, 3.05) is 0 Å². The number of hydrogen-bond acceptors (Lipinski definition) is 3. The van der Waals surface area contributed by atoms with Crippen molar-refractivity contribution in [3.63, 3.8) is 0 Å². The molecule has 0 fully saturated rings. The van der Waals surface area contributed by atoms with Gasteiger partial charge in [0.05, 0.1) is 11.4 Å². The Kier molecular flexibility index (Phi) is 4.47. The Hall–Kier alpha value is -4.21. The van der Waals surface area contributed by atoms with Crippen LogP contribution in [-0.2, 0) is 6.42 Å². The summed E-state index contributed by atoms with van der Waals surface area (Å²) in [6, 6.07) is 34.5. The van der Waals surface area contributed by atoms with Crippen LogP contribution >= 0.6 is 12.6 Å². The van der Waals surface area contributed by atoms with E-state index in [-0.39, 0.29) is 0 Å². The van der Waals surface area contributed by atoms with Crippen molar-refractivity contribution in [3.05, 3.63) is 108 Å². The maximum Gasteiger partial charge on any atom is 0.0857 e. The van der Waals surface area contributed by atoms with E-state index in [9.17, 15) is 0 Å². The van der Waals surface area contributed by atoms with Crippen LogP contribution in [0, 0.1) is 0 Å². The first-order valence-corrected chi connectivity index (χ1v) is 13.2. The molecule has 37 heavy (non-hydrogen) atoms. The molecule has 0 bridgehead atoms. The summed E-state index contributed by atoms with van der Waals surface area (Å²) in [4.78, 5) is 0.916. The summed E-state index contributed by atoms with van der Waals surface area (Å²) in [6.45, 7) is 0. The molecule has 0 radical (unpaired) electrons. The first-order valence-electron chi connectivity index (χ1n) is 12.7. The maximum atomic E-state index is 4.47. The van der Waals surface area contributed by atoms with E-state index in [1.807, 2.05) is 24.3 Å². The van der Waals surface area contributed by atoms with Crippen molar-refractivity contribution >= 4 is 73.2 Å². The quantitative estimate of drug-likeness (QED) is 0.110. The fourth-order valence-electron chi connectivity index (χ4n) is 6.22. The van der Waals surface area contributed by atoms with Crippen LogP contribution < -0.4 is 5.22 Å². The minimum Gasteiger partial charge on any atom is -0.151 e. The summed E-state index contributed by atoms with van der Waals surface area (Å²) in [5, 5.41) is 21.1. The molecule has 7 aromatic rings. The molecule has 0 aromatic heterocycles. The Bertz CT molecular complexity index is 2070. The zero-order valence-corrected chi connectivity index (χ0v) is 21.0. The van der Waals surface area contributed by atoms with Crippen LogP contribution in [0.5, 0.6) is 0 Å². The van der Waals surface area contributed by atoms with Gasteiger partial charge in [0, 0.05) is 4.90 Å². The maximum absolute atomic E-state index is 4.47. The molecule has 1 aliphatic rings. The van der Waals surface area contributed by atoms with Crippen molar-refractivity contribution in [1.82, 2.24) is 0 Å². The van der Waals surface area contributed by atoms with Crippen molar-refractivity contribution in [2.24, 2.45) is 10.2 Å².